The van der Waals surface area contributed by atoms with Gasteiger partial charge in [0.15, 0.2) is 0 Å². The summed E-state index contributed by atoms with van der Waals surface area (Å²) in [4.78, 5) is 10.6. The second kappa shape index (κ2) is 7.88. The molecule has 0 aromatic heterocycles. The molecule has 0 bridgehead atoms. The molecule has 0 unspecified atom stereocenters. The molecule has 0 atom stereocenters. The molecule has 0 aliphatic heterocycles. The maximum atomic E-state index is 11.2. The lowest BCUT2D eigenvalue weighted by molar-refractivity contribution is -0.385. The largest absolute Gasteiger partial charge is 0.496 e. The summed E-state index contributed by atoms with van der Waals surface area (Å²) in [5.41, 5.74) is 0.896. The lowest BCUT2D eigenvalue weighted by atomic mass is 10.0. The van der Waals surface area contributed by atoms with E-state index in [1.54, 1.807) is 18.2 Å². The van der Waals surface area contributed by atoms with E-state index in [0.29, 0.717) is 26.9 Å². The van der Waals surface area contributed by atoms with E-state index in [9.17, 15) is 15.4 Å². The molecule has 0 heterocycles. The Bertz CT molecular complexity index is 904. The Kier molecular flexibility index (Phi) is 5.86. The summed E-state index contributed by atoms with van der Waals surface area (Å²) in [6.45, 7) is 0. The van der Waals surface area contributed by atoms with Crippen LogP contribution in [0.3, 0.4) is 0 Å². The number of allylic oxidation sites excluding steroid dienone is 1. The number of rotatable bonds is 5. The van der Waals surface area contributed by atoms with Gasteiger partial charge in [0.1, 0.15) is 5.75 Å². The zero-order valence-corrected chi connectivity index (χ0v) is 14.8. The Labute approximate surface area is 154 Å². The number of halogens is 2. The van der Waals surface area contributed by atoms with Crippen molar-refractivity contribution in [3.05, 3.63) is 61.6 Å². The van der Waals surface area contributed by atoms with E-state index in [4.69, 9.17) is 32.7 Å². The highest BCUT2D eigenvalue weighted by molar-refractivity contribution is 6.42. The van der Waals surface area contributed by atoms with Gasteiger partial charge in [-0.25, -0.2) is 0 Å². The average Bonchev–Trinajstić information content (AvgIpc) is 2.61. The van der Waals surface area contributed by atoms with E-state index in [1.807, 2.05) is 6.07 Å². The fourth-order valence-corrected chi connectivity index (χ4v) is 2.46. The van der Waals surface area contributed by atoms with Crippen LogP contribution in [-0.4, -0.2) is 19.1 Å². The number of ether oxygens (including phenoxy) is 2. The molecule has 0 spiro atoms. The van der Waals surface area contributed by atoms with Crippen molar-refractivity contribution in [3.63, 3.8) is 0 Å². The van der Waals surface area contributed by atoms with Crippen molar-refractivity contribution in [1.29, 1.82) is 5.26 Å². The quantitative estimate of drug-likeness (QED) is 0.316. The van der Waals surface area contributed by atoms with Crippen molar-refractivity contribution in [2.24, 2.45) is 0 Å². The number of methoxy groups -OCH3 is 2. The highest BCUT2D eigenvalue weighted by atomic mass is 35.5. The predicted octanol–water partition coefficient (Wildman–Crippen LogP) is 4.98. The summed E-state index contributed by atoms with van der Waals surface area (Å²) in [6.07, 6.45) is 1.48. The van der Waals surface area contributed by atoms with Crippen LogP contribution in [0.1, 0.15) is 11.1 Å². The van der Waals surface area contributed by atoms with Crippen molar-refractivity contribution in [2.45, 2.75) is 0 Å². The maximum Gasteiger partial charge on any atom is 0.311 e. The molecule has 0 aliphatic carbocycles. The summed E-state index contributed by atoms with van der Waals surface area (Å²) in [6, 6.07) is 9.47. The molecule has 25 heavy (non-hydrogen) atoms. The molecule has 0 aliphatic rings. The topological polar surface area (TPSA) is 85.4 Å². The lowest BCUT2D eigenvalue weighted by Crippen LogP contribution is -1.97. The van der Waals surface area contributed by atoms with Crippen LogP contribution in [0.4, 0.5) is 5.69 Å². The molecule has 0 saturated carbocycles. The van der Waals surface area contributed by atoms with Crippen LogP contribution < -0.4 is 9.47 Å². The maximum absolute atomic E-state index is 11.2. The van der Waals surface area contributed by atoms with Gasteiger partial charge in [0.25, 0.3) is 0 Å². The minimum atomic E-state index is -0.569. The number of nitro benzene ring substituents is 1. The van der Waals surface area contributed by atoms with Crippen molar-refractivity contribution in [1.82, 2.24) is 0 Å². The molecular weight excluding hydrogens is 367 g/mol. The van der Waals surface area contributed by atoms with Crippen LogP contribution in [0, 0.1) is 21.4 Å². The number of nitriles is 1. The van der Waals surface area contributed by atoms with Gasteiger partial charge in [-0.05, 0) is 23.8 Å². The van der Waals surface area contributed by atoms with Gasteiger partial charge in [0.05, 0.1) is 40.8 Å². The summed E-state index contributed by atoms with van der Waals surface area (Å²) >= 11 is 11.9. The first kappa shape index (κ1) is 18.6. The van der Waals surface area contributed by atoms with E-state index in [0.717, 1.165) is 0 Å². The Hall–Kier alpha value is -2.75. The zero-order chi connectivity index (χ0) is 18.6. The Morgan fingerprint density at radius 2 is 1.84 bits per heavy atom. The Morgan fingerprint density at radius 1 is 1.16 bits per heavy atom. The van der Waals surface area contributed by atoms with Crippen molar-refractivity contribution >= 4 is 40.5 Å². The highest BCUT2D eigenvalue weighted by Crippen LogP contribution is 2.36. The smallest absolute Gasteiger partial charge is 0.311 e. The highest BCUT2D eigenvalue weighted by Gasteiger charge is 2.19. The number of hydrogen-bond donors (Lipinski definition) is 0. The van der Waals surface area contributed by atoms with Crippen molar-refractivity contribution in [2.75, 3.05) is 14.2 Å². The second-order valence-corrected chi connectivity index (χ2v) is 5.64. The minimum absolute atomic E-state index is 0.0621. The van der Waals surface area contributed by atoms with E-state index in [1.165, 1.54) is 32.4 Å². The Balaban J connectivity index is 2.64. The molecule has 0 amide bonds. The minimum Gasteiger partial charge on any atom is -0.496 e. The third kappa shape index (κ3) is 4.02. The van der Waals surface area contributed by atoms with Gasteiger partial charge in [0.2, 0.25) is 5.75 Å². The van der Waals surface area contributed by atoms with Crippen LogP contribution in [0.5, 0.6) is 11.5 Å². The predicted molar refractivity (Wildman–Crippen MR) is 96.1 cm³/mol. The molecule has 0 radical (unpaired) electrons. The third-order valence-corrected chi connectivity index (χ3v) is 4.12. The molecule has 6 nitrogen and oxygen atoms in total. The zero-order valence-electron chi connectivity index (χ0n) is 13.2. The van der Waals surface area contributed by atoms with Gasteiger partial charge in [-0.3, -0.25) is 10.1 Å². The van der Waals surface area contributed by atoms with Gasteiger partial charge in [0, 0.05) is 17.7 Å². The molecule has 2 aromatic rings. The van der Waals surface area contributed by atoms with Crippen LogP contribution in [0.15, 0.2) is 30.3 Å². The first-order valence-corrected chi connectivity index (χ1v) is 7.64. The summed E-state index contributed by atoms with van der Waals surface area (Å²) in [5, 5.41) is 21.3. The standard InChI is InChI=1S/C17H12Cl2N2O4/c1-24-16-8-17(25-2)15(21(22)23)7-11(16)5-12(9-20)10-3-4-13(18)14(19)6-10/h3-8H,1-2H3/b12-5+. The molecular formula is C17H12Cl2N2O4. The van der Waals surface area contributed by atoms with Gasteiger partial charge in [-0.15, -0.1) is 0 Å². The van der Waals surface area contributed by atoms with Gasteiger partial charge >= 0.3 is 5.69 Å². The molecule has 2 rings (SSSR count). The van der Waals surface area contributed by atoms with E-state index >= 15 is 0 Å². The van der Waals surface area contributed by atoms with E-state index in [2.05, 4.69) is 0 Å². The molecule has 0 saturated heterocycles. The van der Waals surface area contributed by atoms with Gasteiger partial charge in [-0.1, -0.05) is 29.3 Å². The Morgan fingerprint density at radius 3 is 2.36 bits per heavy atom. The number of nitrogens with zero attached hydrogens (tertiary/aromatic N) is 2. The third-order valence-electron chi connectivity index (χ3n) is 3.38. The van der Waals surface area contributed by atoms with E-state index in [-0.39, 0.29) is 17.0 Å². The van der Waals surface area contributed by atoms with Gasteiger partial charge in [-0.2, -0.15) is 5.26 Å². The van der Waals surface area contributed by atoms with E-state index < -0.39 is 4.92 Å². The number of hydrogen-bond acceptors (Lipinski definition) is 5. The fraction of sp³-hybridized carbons (Fsp3) is 0.118. The number of benzene rings is 2. The summed E-state index contributed by atoms with van der Waals surface area (Å²) < 4.78 is 10.3. The first-order chi connectivity index (χ1) is 11.9. The molecule has 8 heteroatoms. The average molecular weight is 379 g/mol. The lowest BCUT2D eigenvalue weighted by Gasteiger charge is -2.09. The first-order valence-electron chi connectivity index (χ1n) is 6.89. The molecule has 128 valence electrons. The van der Waals surface area contributed by atoms with Crippen LogP contribution in [0.2, 0.25) is 10.0 Å². The molecule has 2 aromatic carbocycles. The molecule has 0 N–H and O–H groups in total. The SMILES string of the molecule is COc1cc(OC)c([N+](=O)[O-])cc1/C=C(\C#N)c1ccc(Cl)c(Cl)c1. The number of nitro groups is 1. The molecule has 0 fully saturated rings. The fourth-order valence-electron chi connectivity index (χ4n) is 2.16. The monoisotopic (exact) mass is 378 g/mol. The van der Waals surface area contributed by atoms with Crippen LogP contribution >= 0.6 is 23.2 Å². The second-order valence-electron chi connectivity index (χ2n) is 4.82. The van der Waals surface area contributed by atoms with Crippen molar-refractivity contribution in [3.8, 4) is 17.6 Å². The normalized spacial score (nSPS) is 10.9. The van der Waals surface area contributed by atoms with Crippen LogP contribution in [0.25, 0.3) is 11.6 Å². The summed E-state index contributed by atoms with van der Waals surface area (Å²) in [5.74, 6) is 0.391. The van der Waals surface area contributed by atoms with Crippen LogP contribution in [-0.2, 0) is 0 Å². The van der Waals surface area contributed by atoms with Crippen molar-refractivity contribution < 1.29 is 14.4 Å². The van der Waals surface area contributed by atoms with Gasteiger partial charge < -0.3 is 9.47 Å². The summed E-state index contributed by atoms with van der Waals surface area (Å²) in [7, 11) is 2.75.